The summed E-state index contributed by atoms with van der Waals surface area (Å²) in [6.45, 7) is 4.14. The Bertz CT molecular complexity index is 1240. The first-order valence-electron chi connectivity index (χ1n) is 9.86. The number of hydrogen-bond acceptors (Lipinski definition) is 6. The third-order valence-electron chi connectivity index (χ3n) is 5.20. The molecule has 1 amide bonds. The van der Waals surface area contributed by atoms with E-state index in [1.165, 1.54) is 4.90 Å². The van der Waals surface area contributed by atoms with Crippen LogP contribution in [0.25, 0.3) is 0 Å². The van der Waals surface area contributed by atoms with E-state index in [0.29, 0.717) is 38.9 Å². The van der Waals surface area contributed by atoms with E-state index in [0.717, 1.165) is 16.9 Å². The normalized spacial score (nSPS) is 15.2. The average molecular weight is 534 g/mol. The van der Waals surface area contributed by atoms with Crippen molar-refractivity contribution in [1.82, 2.24) is 4.98 Å². The Hall–Kier alpha value is -2.55. The molecule has 4 rings (SSSR count). The Kier molecular flexibility index (Phi) is 6.46. The van der Waals surface area contributed by atoms with Crippen molar-refractivity contribution in [1.29, 1.82) is 0 Å². The van der Waals surface area contributed by atoms with Crippen molar-refractivity contribution in [2.24, 2.45) is 0 Å². The molecule has 1 atom stereocenters. The van der Waals surface area contributed by atoms with E-state index in [2.05, 4.69) is 27.8 Å². The first-order chi connectivity index (χ1) is 15.3. The van der Waals surface area contributed by atoms with Gasteiger partial charge in [-0.15, -0.1) is 11.3 Å². The Morgan fingerprint density at radius 3 is 2.75 bits per heavy atom. The fourth-order valence-corrected chi connectivity index (χ4v) is 4.84. The quantitative estimate of drug-likeness (QED) is 0.230. The monoisotopic (exact) mass is 532 g/mol. The van der Waals surface area contributed by atoms with Crippen LogP contribution < -0.4 is 9.64 Å². The van der Waals surface area contributed by atoms with Crippen LogP contribution in [0.3, 0.4) is 0 Å². The number of aromatic nitrogens is 1. The minimum atomic E-state index is -1.12. The summed E-state index contributed by atoms with van der Waals surface area (Å²) in [6.07, 6.45) is 0.709. The molecule has 0 fully saturated rings. The first kappa shape index (κ1) is 22.6. The maximum atomic E-state index is 13.0. The fraction of sp³-hybridized carbons (Fsp3) is 0.217. The highest BCUT2D eigenvalue weighted by atomic mass is 79.9. The molecule has 0 radical (unpaired) electrons. The number of Topliss-reactive ketones (excluding diaryl/α,β-unsaturated/α-hetero) is 2. The largest absolute Gasteiger partial charge is 0.436 e. The van der Waals surface area contributed by atoms with Crippen molar-refractivity contribution in [2.45, 2.75) is 26.2 Å². The minimum absolute atomic E-state index is 0.0219. The Morgan fingerprint density at radius 1 is 1.22 bits per heavy atom. The predicted molar refractivity (Wildman–Crippen MR) is 127 cm³/mol. The molecular weight excluding hydrogens is 516 g/mol. The molecule has 1 aliphatic rings. The van der Waals surface area contributed by atoms with Gasteiger partial charge in [0.2, 0.25) is 5.88 Å². The van der Waals surface area contributed by atoms with Crippen molar-refractivity contribution >= 4 is 62.0 Å². The van der Waals surface area contributed by atoms with Gasteiger partial charge < -0.3 is 9.64 Å². The van der Waals surface area contributed by atoms with E-state index >= 15 is 0 Å². The zero-order chi connectivity index (χ0) is 23.0. The molecule has 6 nitrogen and oxygen atoms in total. The lowest BCUT2D eigenvalue weighted by Crippen LogP contribution is -2.43. The Labute approximate surface area is 202 Å². The fourth-order valence-electron chi connectivity index (χ4n) is 3.56. The summed E-state index contributed by atoms with van der Waals surface area (Å²) in [4.78, 5) is 44.6. The average Bonchev–Trinajstić information content (AvgIpc) is 3.15. The molecular formula is C23H18BrClN2O4S. The van der Waals surface area contributed by atoms with Gasteiger partial charge in [0.15, 0.2) is 0 Å². The molecule has 0 aliphatic carbocycles. The van der Waals surface area contributed by atoms with Crippen LogP contribution in [0, 0.1) is 6.92 Å². The van der Waals surface area contributed by atoms with E-state index in [-0.39, 0.29) is 16.7 Å². The lowest BCUT2D eigenvalue weighted by atomic mass is 9.91. The van der Waals surface area contributed by atoms with Crippen LogP contribution in [0.2, 0.25) is 5.02 Å². The third kappa shape index (κ3) is 4.35. The van der Waals surface area contributed by atoms with E-state index in [1.54, 1.807) is 31.2 Å². The van der Waals surface area contributed by atoms with Gasteiger partial charge in [-0.1, -0.05) is 36.7 Å². The standard InChI is InChI=1S/C23H18BrClN2O4S/c1-12-9-10-27(17-6-4-3-5-15(12)17)23(30)20(29)19(28)21-22(26-13(2)32-21)31-18-11-14(25)7-8-16(18)24/h3-8,11-12H,9-10H2,1-2H3/t12-/m0/s1. The molecule has 0 unspecified atom stereocenters. The van der Waals surface area contributed by atoms with Crippen LogP contribution in [0.1, 0.15) is 39.5 Å². The number of ether oxygens (including phenoxy) is 1. The number of rotatable bonds is 5. The summed E-state index contributed by atoms with van der Waals surface area (Å²) in [5, 5.41) is 0.964. The van der Waals surface area contributed by atoms with Gasteiger partial charge in [0.05, 0.1) is 9.48 Å². The van der Waals surface area contributed by atoms with E-state index in [1.807, 2.05) is 18.2 Å². The summed E-state index contributed by atoms with van der Waals surface area (Å²) >= 11 is 10.4. The first-order valence-corrected chi connectivity index (χ1v) is 11.8. The van der Waals surface area contributed by atoms with Gasteiger partial charge in [0.1, 0.15) is 10.6 Å². The Balaban J connectivity index is 1.61. The number of carbonyl (C=O) groups is 3. The van der Waals surface area contributed by atoms with Gasteiger partial charge >= 0.3 is 5.91 Å². The zero-order valence-electron chi connectivity index (χ0n) is 17.2. The molecule has 0 bridgehead atoms. The van der Waals surface area contributed by atoms with E-state index < -0.39 is 17.5 Å². The van der Waals surface area contributed by atoms with Crippen LogP contribution >= 0.6 is 38.9 Å². The SMILES string of the molecule is Cc1nc(Oc2cc(Cl)ccc2Br)c(C(=O)C(=O)C(=O)N2CC[C@H](C)c3ccccc32)s1. The molecule has 9 heteroatoms. The number of carbonyl (C=O) groups excluding carboxylic acids is 3. The number of amides is 1. The molecule has 1 aromatic heterocycles. The second-order valence-electron chi connectivity index (χ2n) is 7.41. The van der Waals surface area contributed by atoms with Crippen LogP contribution in [0.5, 0.6) is 11.6 Å². The summed E-state index contributed by atoms with van der Waals surface area (Å²) in [6, 6.07) is 12.4. The zero-order valence-corrected chi connectivity index (χ0v) is 20.4. The highest BCUT2D eigenvalue weighted by molar-refractivity contribution is 9.10. The summed E-state index contributed by atoms with van der Waals surface area (Å²) in [5.41, 5.74) is 1.65. The van der Waals surface area contributed by atoms with Gasteiger partial charge in [-0.2, -0.15) is 0 Å². The number of halogens is 2. The Morgan fingerprint density at radius 2 is 1.97 bits per heavy atom. The third-order valence-corrected chi connectivity index (χ3v) is 7.04. The van der Waals surface area contributed by atoms with Crippen molar-refractivity contribution in [2.75, 3.05) is 11.4 Å². The number of para-hydroxylation sites is 1. The molecule has 0 N–H and O–H groups in total. The number of thiazole rings is 1. The number of anilines is 1. The molecule has 164 valence electrons. The van der Waals surface area contributed by atoms with Gasteiger partial charge in [-0.3, -0.25) is 14.4 Å². The number of ketones is 2. The molecule has 2 aromatic carbocycles. The second kappa shape index (κ2) is 9.13. The highest BCUT2D eigenvalue weighted by Crippen LogP contribution is 2.37. The van der Waals surface area contributed by atoms with Crippen molar-refractivity contribution in [3.63, 3.8) is 0 Å². The van der Waals surface area contributed by atoms with Gasteiger partial charge in [-0.25, -0.2) is 4.98 Å². The number of hydrogen-bond donors (Lipinski definition) is 0. The lowest BCUT2D eigenvalue weighted by molar-refractivity contribution is -0.133. The van der Waals surface area contributed by atoms with Crippen LogP contribution in [0.4, 0.5) is 5.69 Å². The topological polar surface area (TPSA) is 76.6 Å². The van der Waals surface area contributed by atoms with Crippen molar-refractivity contribution in [3.8, 4) is 11.6 Å². The van der Waals surface area contributed by atoms with Gasteiger partial charge in [0.25, 0.3) is 11.6 Å². The highest BCUT2D eigenvalue weighted by Gasteiger charge is 2.36. The molecule has 0 saturated heterocycles. The van der Waals surface area contributed by atoms with Crippen molar-refractivity contribution in [3.05, 3.63) is 67.4 Å². The van der Waals surface area contributed by atoms with Crippen LogP contribution in [-0.2, 0) is 9.59 Å². The molecule has 0 spiro atoms. The van der Waals surface area contributed by atoms with Crippen LogP contribution in [-0.4, -0.2) is 29.0 Å². The summed E-state index contributed by atoms with van der Waals surface area (Å²) in [7, 11) is 0. The summed E-state index contributed by atoms with van der Waals surface area (Å²) < 4.78 is 6.38. The minimum Gasteiger partial charge on any atom is -0.436 e. The van der Waals surface area contributed by atoms with E-state index in [4.69, 9.17) is 16.3 Å². The lowest BCUT2D eigenvalue weighted by Gasteiger charge is -2.32. The maximum absolute atomic E-state index is 13.0. The number of nitrogens with zero attached hydrogens (tertiary/aromatic N) is 2. The molecule has 32 heavy (non-hydrogen) atoms. The molecule has 3 aromatic rings. The summed E-state index contributed by atoms with van der Waals surface area (Å²) in [5.74, 6) is -2.33. The van der Waals surface area contributed by atoms with Crippen molar-refractivity contribution < 1.29 is 19.1 Å². The molecule has 2 heterocycles. The number of benzene rings is 2. The predicted octanol–water partition coefficient (Wildman–Crippen LogP) is 5.95. The number of aryl methyl sites for hydroxylation is 1. The molecule has 0 saturated carbocycles. The van der Waals surface area contributed by atoms with Gasteiger partial charge in [0, 0.05) is 23.3 Å². The van der Waals surface area contributed by atoms with E-state index in [9.17, 15) is 14.4 Å². The van der Waals surface area contributed by atoms with Gasteiger partial charge in [-0.05, 0) is 59.0 Å². The maximum Gasteiger partial charge on any atom is 0.302 e. The van der Waals surface area contributed by atoms with Crippen LogP contribution in [0.15, 0.2) is 46.9 Å². The number of fused-ring (bicyclic) bond motifs is 1. The molecule has 1 aliphatic heterocycles. The smallest absolute Gasteiger partial charge is 0.302 e. The second-order valence-corrected chi connectivity index (χ2v) is 9.90.